The van der Waals surface area contributed by atoms with Gasteiger partial charge in [0.2, 0.25) is 0 Å². The van der Waals surface area contributed by atoms with Gasteiger partial charge >= 0.3 is 0 Å². The van der Waals surface area contributed by atoms with E-state index in [0.717, 1.165) is 11.3 Å². The quantitative estimate of drug-likeness (QED) is 0.888. The minimum atomic E-state index is -0.295. The number of nitrogens with zero attached hydrogens (tertiary/aromatic N) is 1. The van der Waals surface area contributed by atoms with E-state index in [0.29, 0.717) is 12.2 Å². The number of aromatic amines is 1. The molecule has 0 aliphatic rings. The zero-order valence-corrected chi connectivity index (χ0v) is 10.5. The predicted octanol–water partition coefficient (Wildman–Crippen LogP) is 2.04. The number of ether oxygens (including phenoxy) is 1. The minimum Gasteiger partial charge on any atom is -0.497 e. The van der Waals surface area contributed by atoms with Crippen molar-refractivity contribution in [2.45, 2.75) is 6.54 Å². The Labute approximate surface area is 109 Å². The molecular formula is C12H12ClN3O2. The van der Waals surface area contributed by atoms with E-state index in [2.05, 4.69) is 15.5 Å². The lowest BCUT2D eigenvalue weighted by Gasteiger charge is -2.07. The van der Waals surface area contributed by atoms with Crippen LogP contribution in [0.3, 0.4) is 0 Å². The highest BCUT2D eigenvalue weighted by Gasteiger charge is 2.02. The third-order valence-corrected chi connectivity index (χ3v) is 2.69. The van der Waals surface area contributed by atoms with Crippen LogP contribution < -0.4 is 15.6 Å². The van der Waals surface area contributed by atoms with Crippen molar-refractivity contribution in [2.75, 3.05) is 12.4 Å². The molecule has 2 aromatic rings. The molecule has 0 fully saturated rings. The molecule has 0 bridgehead atoms. The second-order valence-electron chi connectivity index (χ2n) is 3.64. The second-order valence-corrected chi connectivity index (χ2v) is 4.00. The van der Waals surface area contributed by atoms with E-state index in [9.17, 15) is 4.79 Å². The zero-order chi connectivity index (χ0) is 13.0. The lowest BCUT2D eigenvalue weighted by atomic mass is 10.2. The fraction of sp³-hybridized carbons (Fsp3) is 0.167. The summed E-state index contributed by atoms with van der Waals surface area (Å²) in [6.07, 6.45) is 0. The standard InChI is InChI=1S/C12H12ClN3O2/c1-18-9-4-2-8(3-5-9)7-14-10-6-11(17)15-16-12(10)13/h2-6H,7H2,1H3,(H2,14,15,17). The normalized spacial score (nSPS) is 10.1. The summed E-state index contributed by atoms with van der Waals surface area (Å²) in [7, 11) is 1.62. The van der Waals surface area contributed by atoms with Gasteiger partial charge in [0.1, 0.15) is 5.75 Å². The van der Waals surface area contributed by atoms with Crippen molar-refractivity contribution >= 4 is 17.3 Å². The number of rotatable bonds is 4. The van der Waals surface area contributed by atoms with Crippen LogP contribution in [0.25, 0.3) is 0 Å². The summed E-state index contributed by atoms with van der Waals surface area (Å²) in [6.45, 7) is 0.550. The first-order valence-corrected chi connectivity index (χ1v) is 5.69. The molecule has 1 heterocycles. The molecule has 0 saturated heterocycles. The van der Waals surface area contributed by atoms with E-state index >= 15 is 0 Å². The number of nitrogens with one attached hydrogen (secondary N) is 2. The average molecular weight is 266 g/mol. The van der Waals surface area contributed by atoms with Gasteiger partial charge in [0.15, 0.2) is 5.15 Å². The van der Waals surface area contributed by atoms with Crippen LogP contribution in [0.2, 0.25) is 5.15 Å². The summed E-state index contributed by atoms with van der Waals surface area (Å²) >= 11 is 5.85. The molecule has 0 atom stereocenters. The van der Waals surface area contributed by atoms with E-state index in [1.54, 1.807) is 7.11 Å². The van der Waals surface area contributed by atoms with Gasteiger partial charge in [-0.2, -0.15) is 5.10 Å². The van der Waals surface area contributed by atoms with Gasteiger partial charge in [0.25, 0.3) is 5.56 Å². The molecule has 2 rings (SSSR count). The van der Waals surface area contributed by atoms with Crippen LogP contribution in [0.15, 0.2) is 35.1 Å². The summed E-state index contributed by atoms with van der Waals surface area (Å²) in [6, 6.07) is 8.98. The third-order valence-electron chi connectivity index (χ3n) is 2.40. The van der Waals surface area contributed by atoms with Gasteiger partial charge in [-0.05, 0) is 17.7 Å². The van der Waals surface area contributed by atoms with Crippen molar-refractivity contribution in [3.63, 3.8) is 0 Å². The number of benzene rings is 1. The van der Waals surface area contributed by atoms with Gasteiger partial charge < -0.3 is 10.1 Å². The van der Waals surface area contributed by atoms with E-state index in [1.165, 1.54) is 6.07 Å². The molecule has 0 spiro atoms. The summed E-state index contributed by atoms with van der Waals surface area (Å²) in [5.41, 5.74) is 1.26. The molecule has 0 aliphatic carbocycles. The van der Waals surface area contributed by atoms with Crippen LogP contribution >= 0.6 is 11.6 Å². The maximum atomic E-state index is 11.1. The summed E-state index contributed by atoms with van der Waals surface area (Å²) in [5, 5.41) is 9.21. The Morgan fingerprint density at radius 2 is 2.11 bits per heavy atom. The molecule has 0 amide bonds. The smallest absolute Gasteiger partial charge is 0.266 e. The fourth-order valence-electron chi connectivity index (χ4n) is 1.45. The van der Waals surface area contributed by atoms with Crippen LogP contribution in [0, 0.1) is 0 Å². The molecule has 94 valence electrons. The van der Waals surface area contributed by atoms with Gasteiger partial charge in [0.05, 0.1) is 12.8 Å². The Kier molecular flexibility index (Phi) is 3.84. The third kappa shape index (κ3) is 3.01. The average Bonchev–Trinajstić information content (AvgIpc) is 2.40. The summed E-state index contributed by atoms with van der Waals surface area (Å²) in [5.74, 6) is 0.801. The van der Waals surface area contributed by atoms with Crippen LogP contribution in [0.1, 0.15) is 5.56 Å². The monoisotopic (exact) mass is 265 g/mol. The van der Waals surface area contributed by atoms with E-state index in [1.807, 2.05) is 24.3 Å². The molecule has 0 aliphatic heterocycles. The summed E-state index contributed by atoms with van der Waals surface area (Å²) in [4.78, 5) is 11.1. The molecule has 18 heavy (non-hydrogen) atoms. The van der Waals surface area contributed by atoms with Gasteiger partial charge in [-0.1, -0.05) is 23.7 Å². The molecule has 2 N–H and O–H groups in total. The highest BCUT2D eigenvalue weighted by Crippen LogP contribution is 2.17. The van der Waals surface area contributed by atoms with Crippen molar-refractivity contribution in [2.24, 2.45) is 0 Å². The Hall–Kier alpha value is -2.01. The molecule has 0 unspecified atom stereocenters. The van der Waals surface area contributed by atoms with E-state index < -0.39 is 0 Å². The number of anilines is 1. The molecule has 1 aromatic heterocycles. The molecule has 5 nitrogen and oxygen atoms in total. The lowest BCUT2D eigenvalue weighted by Crippen LogP contribution is -2.10. The van der Waals surface area contributed by atoms with Crippen LogP contribution in [0.5, 0.6) is 5.75 Å². The maximum absolute atomic E-state index is 11.1. The topological polar surface area (TPSA) is 67.0 Å². The van der Waals surface area contributed by atoms with Crippen molar-refractivity contribution < 1.29 is 4.74 Å². The molecular weight excluding hydrogens is 254 g/mol. The van der Waals surface area contributed by atoms with E-state index in [-0.39, 0.29) is 10.7 Å². The van der Waals surface area contributed by atoms with Crippen molar-refractivity contribution in [1.29, 1.82) is 0 Å². The number of hydrogen-bond donors (Lipinski definition) is 2. The Balaban J connectivity index is 2.06. The second kappa shape index (κ2) is 5.55. The van der Waals surface area contributed by atoms with Crippen LogP contribution in [0.4, 0.5) is 5.69 Å². The first-order chi connectivity index (χ1) is 8.69. The highest BCUT2D eigenvalue weighted by atomic mass is 35.5. The first-order valence-electron chi connectivity index (χ1n) is 5.31. The Morgan fingerprint density at radius 1 is 1.39 bits per heavy atom. The van der Waals surface area contributed by atoms with Gasteiger partial charge in [0, 0.05) is 12.6 Å². The largest absolute Gasteiger partial charge is 0.497 e. The highest BCUT2D eigenvalue weighted by molar-refractivity contribution is 6.31. The molecule has 6 heteroatoms. The number of hydrogen-bond acceptors (Lipinski definition) is 4. The van der Waals surface area contributed by atoms with Crippen LogP contribution in [-0.2, 0) is 6.54 Å². The van der Waals surface area contributed by atoms with Crippen molar-refractivity contribution in [3.05, 3.63) is 51.4 Å². The van der Waals surface area contributed by atoms with Crippen LogP contribution in [-0.4, -0.2) is 17.3 Å². The maximum Gasteiger partial charge on any atom is 0.266 e. The summed E-state index contributed by atoms with van der Waals surface area (Å²) < 4.78 is 5.07. The SMILES string of the molecule is COc1ccc(CNc2cc(=O)[nH]nc2Cl)cc1. The fourth-order valence-corrected chi connectivity index (χ4v) is 1.62. The minimum absolute atomic E-state index is 0.239. The Morgan fingerprint density at radius 3 is 2.78 bits per heavy atom. The number of H-pyrrole nitrogens is 1. The van der Waals surface area contributed by atoms with Crippen molar-refractivity contribution in [1.82, 2.24) is 10.2 Å². The molecule has 0 radical (unpaired) electrons. The first kappa shape index (κ1) is 12.4. The van der Waals surface area contributed by atoms with E-state index in [4.69, 9.17) is 16.3 Å². The number of aromatic nitrogens is 2. The van der Waals surface area contributed by atoms with Gasteiger partial charge in [-0.3, -0.25) is 4.79 Å². The number of methoxy groups -OCH3 is 1. The Bertz CT molecular complexity index is 581. The molecule has 0 saturated carbocycles. The van der Waals surface area contributed by atoms with Gasteiger partial charge in [-0.25, -0.2) is 5.10 Å². The lowest BCUT2D eigenvalue weighted by molar-refractivity contribution is 0.414. The number of halogens is 1. The van der Waals surface area contributed by atoms with Crippen molar-refractivity contribution in [3.8, 4) is 5.75 Å². The molecule has 1 aromatic carbocycles. The zero-order valence-electron chi connectivity index (χ0n) is 9.74. The predicted molar refractivity (Wildman–Crippen MR) is 70.2 cm³/mol. The van der Waals surface area contributed by atoms with Gasteiger partial charge in [-0.15, -0.1) is 0 Å².